The molecule has 5 rings (SSSR count). The number of allylic oxidation sites excluding steroid dienone is 2. The first-order chi connectivity index (χ1) is 23.0. The van der Waals surface area contributed by atoms with Gasteiger partial charge >= 0.3 is 0 Å². The Balaban J connectivity index is 0.00000151. The molecule has 1 fully saturated rings. The van der Waals surface area contributed by atoms with Gasteiger partial charge in [-0.1, -0.05) is 84.5 Å². The third-order valence-corrected chi connectivity index (χ3v) is 9.22. The van der Waals surface area contributed by atoms with Crippen LogP contribution in [-0.2, 0) is 11.8 Å². The van der Waals surface area contributed by atoms with Gasteiger partial charge in [-0.25, -0.2) is 4.98 Å². The third kappa shape index (κ3) is 8.71. The van der Waals surface area contributed by atoms with Gasteiger partial charge in [0.05, 0.1) is 36.0 Å². The van der Waals surface area contributed by atoms with Crippen LogP contribution in [0, 0.1) is 18.3 Å². The number of nitrogens with one attached hydrogen (secondary N) is 1. The molecule has 3 N–H and O–H groups in total. The van der Waals surface area contributed by atoms with E-state index in [0.29, 0.717) is 12.3 Å². The molecule has 0 bridgehead atoms. The van der Waals surface area contributed by atoms with Gasteiger partial charge in [-0.05, 0) is 60.7 Å². The summed E-state index contributed by atoms with van der Waals surface area (Å²) in [5.41, 5.74) is 14.1. The maximum Gasteiger partial charge on any atom is 0.120 e. The Kier molecular flexibility index (Phi) is 13.9. The molecule has 1 unspecified atom stereocenters. The van der Waals surface area contributed by atoms with Gasteiger partial charge in [-0.15, -0.1) is 0 Å². The molecule has 0 amide bonds. The van der Waals surface area contributed by atoms with Crippen LogP contribution in [0.1, 0.15) is 100 Å². The lowest BCUT2D eigenvalue weighted by Gasteiger charge is -2.41. The van der Waals surface area contributed by atoms with Crippen LogP contribution in [-0.4, -0.2) is 63.8 Å². The molecule has 2 aromatic heterocycles. The van der Waals surface area contributed by atoms with E-state index in [9.17, 15) is 4.79 Å². The number of carbonyl (C=O) groups is 1. The smallest absolute Gasteiger partial charge is 0.120 e. The number of hydrogen-bond acceptors (Lipinski definition) is 7. The van der Waals surface area contributed by atoms with Crippen LogP contribution in [0.4, 0.5) is 0 Å². The van der Waals surface area contributed by atoms with Crippen molar-refractivity contribution in [1.82, 2.24) is 29.7 Å². The summed E-state index contributed by atoms with van der Waals surface area (Å²) in [6, 6.07) is 10.8. The second kappa shape index (κ2) is 17.4. The molecule has 1 saturated heterocycles. The predicted octanol–water partition coefficient (Wildman–Crippen LogP) is 7.31. The van der Waals surface area contributed by atoms with Crippen molar-refractivity contribution in [1.29, 1.82) is 0 Å². The van der Waals surface area contributed by atoms with Crippen molar-refractivity contribution in [2.45, 2.75) is 73.4 Å². The van der Waals surface area contributed by atoms with E-state index < -0.39 is 5.41 Å². The second-order valence-corrected chi connectivity index (χ2v) is 13.5. The highest BCUT2D eigenvalue weighted by Gasteiger charge is 2.36. The first-order valence-corrected chi connectivity index (χ1v) is 17.4. The zero-order valence-electron chi connectivity index (χ0n) is 30.9. The number of imidazole rings is 1. The largest absolute Gasteiger partial charge is 0.376 e. The molecule has 260 valence electrons. The second-order valence-electron chi connectivity index (χ2n) is 13.5. The number of carbonyl (C=O) groups excluding carboxylic acids is 1. The van der Waals surface area contributed by atoms with Crippen molar-refractivity contribution < 1.29 is 4.79 Å². The zero-order chi connectivity index (χ0) is 35.6. The topological polar surface area (TPSA) is 92.3 Å². The number of nitrogens with zero attached hydrogens (tertiary/aromatic N) is 5. The third-order valence-electron chi connectivity index (χ3n) is 9.22. The van der Waals surface area contributed by atoms with E-state index >= 15 is 0 Å². The van der Waals surface area contributed by atoms with E-state index in [4.69, 9.17) is 4.98 Å². The molecule has 2 aliphatic rings. The predicted molar refractivity (Wildman–Crippen MR) is 201 cm³/mol. The highest BCUT2D eigenvalue weighted by Crippen LogP contribution is 2.45. The summed E-state index contributed by atoms with van der Waals surface area (Å²) in [4.78, 5) is 26.1. The fourth-order valence-electron chi connectivity index (χ4n) is 6.49. The van der Waals surface area contributed by atoms with Gasteiger partial charge in [-0.2, -0.15) is 0 Å². The molecule has 0 saturated carbocycles. The molecule has 48 heavy (non-hydrogen) atoms. The van der Waals surface area contributed by atoms with Gasteiger partial charge in [0.15, 0.2) is 0 Å². The fraction of sp³-hybridized carbons (Fsp3) is 0.475. The molecule has 1 aromatic carbocycles. The summed E-state index contributed by atoms with van der Waals surface area (Å²) in [6.07, 6.45) is 10.4. The minimum absolute atomic E-state index is 0.0120. The first-order valence-electron chi connectivity index (χ1n) is 17.4. The monoisotopic (exact) mass is 653 g/mol. The molecule has 0 spiro atoms. The van der Waals surface area contributed by atoms with E-state index in [0.717, 1.165) is 67.1 Å². The standard InChI is InChI=1S/C37H48N6O.C2H6.CH5N/c1-25(2)20-27(4)42-15-17-43(18-16-42)36-30-12-11-26(3)21-31(30)32(22-29-10-9-14-39-34(29)36)35(33-23-38-24-41(33)8)40-28(5)37(6,7)13-19-44;2*1-2/h9-12,14,19,21-25,35-36,40H,4-5,13,15-18,20H2,1-3,6-8H3;1-2H3;2H2,1H3/t35?,36-;;/m0../s1. The van der Waals surface area contributed by atoms with Gasteiger partial charge in [0.2, 0.25) is 0 Å². The number of pyridine rings is 1. The lowest BCUT2D eigenvalue weighted by molar-refractivity contribution is -0.109. The van der Waals surface area contributed by atoms with Crippen molar-refractivity contribution in [3.05, 3.63) is 107 Å². The van der Waals surface area contributed by atoms with Crippen LogP contribution < -0.4 is 11.1 Å². The molecule has 3 heterocycles. The number of nitrogens with two attached hydrogens (primary N) is 1. The summed E-state index contributed by atoms with van der Waals surface area (Å²) in [5.74, 6) is 0.596. The van der Waals surface area contributed by atoms with Crippen molar-refractivity contribution in [2.24, 2.45) is 24.1 Å². The molecule has 8 heteroatoms. The molecule has 0 radical (unpaired) electrons. The molecule has 3 aromatic rings. The Morgan fingerprint density at radius 3 is 2.42 bits per heavy atom. The van der Waals surface area contributed by atoms with Crippen molar-refractivity contribution >= 4 is 17.9 Å². The Bertz CT molecular complexity index is 1560. The summed E-state index contributed by atoms with van der Waals surface area (Å²) in [6.45, 7) is 27.4. The number of fused-ring (bicyclic) bond motifs is 2. The maximum atomic E-state index is 11.6. The average Bonchev–Trinajstić information content (AvgIpc) is 3.44. The minimum Gasteiger partial charge on any atom is -0.376 e. The quantitative estimate of drug-likeness (QED) is 0.210. The number of aryl methyl sites for hydroxylation is 2. The summed E-state index contributed by atoms with van der Waals surface area (Å²) in [5, 5.41) is 3.77. The van der Waals surface area contributed by atoms with E-state index in [1.807, 2.05) is 45.7 Å². The molecule has 2 atom stereocenters. The zero-order valence-corrected chi connectivity index (χ0v) is 30.9. The van der Waals surface area contributed by atoms with Gasteiger partial charge < -0.3 is 25.3 Å². The van der Waals surface area contributed by atoms with Crippen molar-refractivity contribution in [3.8, 4) is 0 Å². The Hall–Kier alpha value is -4.01. The Labute approximate surface area is 289 Å². The SMILES string of the molecule is C=C(CC(C)C)N1CCN([C@H]2c3ccc(C)cc3C(C(NC(=C)C(C)(C)CC=O)c3cncn3C)=Cc3cccnc32)CC1.CC.CN. The van der Waals surface area contributed by atoms with Crippen LogP contribution >= 0.6 is 0 Å². The van der Waals surface area contributed by atoms with E-state index in [2.05, 4.69) is 109 Å². The van der Waals surface area contributed by atoms with E-state index in [1.165, 1.54) is 29.4 Å². The number of aldehydes is 1. The molecular formula is C40H59N7O. The average molecular weight is 654 g/mol. The van der Waals surface area contributed by atoms with Crippen LogP contribution in [0.3, 0.4) is 0 Å². The lowest BCUT2D eigenvalue weighted by Crippen LogP contribution is -2.47. The molecule has 8 nitrogen and oxygen atoms in total. The number of aromatic nitrogens is 3. The molecule has 1 aliphatic carbocycles. The Morgan fingerprint density at radius 2 is 1.81 bits per heavy atom. The number of rotatable bonds is 11. The number of hydrogen-bond donors (Lipinski definition) is 2. The molecular weight excluding hydrogens is 594 g/mol. The van der Waals surface area contributed by atoms with Crippen molar-refractivity contribution in [3.63, 3.8) is 0 Å². The Morgan fingerprint density at radius 1 is 1.12 bits per heavy atom. The van der Waals surface area contributed by atoms with Crippen LogP contribution in [0.25, 0.3) is 11.6 Å². The maximum absolute atomic E-state index is 11.6. The van der Waals surface area contributed by atoms with Crippen LogP contribution in [0.2, 0.25) is 0 Å². The van der Waals surface area contributed by atoms with Gasteiger partial charge in [0.25, 0.3) is 0 Å². The van der Waals surface area contributed by atoms with E-state index in [1.54, 1.807) is 0 Å². The summed E-state index contributed by atoms with van der Waals surface area (Å²) >= 11 is 0. The van der Waals surface area contributed by atoms with Gasteiger partial charge in [-0.3, -0.25) is 9.88 Å². The number of piperazine rings is 1. The summed E-state index contributed by atoms with van der Waals surface area (Å²) < 4.78 is 2.06. The van der Waals surface area contributed by atoms with Crippen LogP contribution in [0.15, 0.2) is 73.6 Å². The summed E-state index contributed by atoms with van der Waals surface area (Å²) in [7, 11) is 3.52. The first kappa shape index (κ1) is 38.4. The van der Waals surface area contributed by atoms with E-state index in [-0.39, 0.29) is 12.1 Å². The normalized spacial score (nSPS) is 16.5. The van der Waals surface area contributed by atoms with Crippen LogP contribution in [0.5, 0.6) is 0 Å². The lowest BCUT2D eigenvalue weighted by atomic mass is 9.84. The number of benzene rings is 1. The highest BCUT2D eigenvalue weighted by molar-refractivity contribution is 5.89. The highest BCUT2D eigenvalue weighted by atomic mass is 16.1. The van der Waals surface area contributed by atoms with Gasteiger partial charge in [0, 0.05) is 62.7 Å². The van der Waals surface area contributed by atoms with Gasteiger partial charge in [0.1, 0.15) is 6.29 Å². The fourth-order valence-corrected chi connectivity index (χ4v) is 6.49. The van der Waals surface area contributed by atoms with Crippen molar-refractivity contribution in [2.75, 3.05) is 33.2 Å². The molecule has 1 aliphatic heterocycles. The minimum atomic E-state index is -0.416.